The molecule has 4 aliphatic carbocycles. The number of nitrogens with zero attached hydrogens (tertiary/aromatic N) is 1. The molecule has 6 nitrogen and oxygen atoms in total. The van der Waals surface area contributed by atoms with E-state index in [-0.39, 0.29) is 11.3 Å². The van der Waals surface area contributed by atoms with Crippen molar-refractivity contribution < 1.29 is 24.8 Å². The van der Waals surface area contributed by atoms with Crippen molar-refractivity contribution in [3.8, 4) is 0 Å². The molecule has 3 saturated carbocycles. The van der Waals surface area contributed by atoms with E-state index in [0.717, 1.165) is 44.3 Å². The Labute approximate surface area is 179 Å². The summed E-state index contributed by atoms with van der Waals surface area (Å²) in [5.74, 6) is -0.751. The highest BCUT2D eigenvalue weighted by Gasteiger charge is 2.81. The molecule has 3 heterocycles. The van der Waals surface area contributed by atoms with Gasteiger partial charge in [-0.15, -0.1) is 0 Å². The maximum atomic E-state index is 11.9. The van der Waals surface area contributed by atoms with E-state index in [4.69, 9.17) is 9.47 Å². The normalized spacial score (nSPS) is 58.3. The van der Waals surface area contributed by atoms with Crippen LogP contribution in [0.1, 0.15) is 58.8 Å². The number of fused-ring (bicyclic) bond motifs is 1. The zero-order valence-electron chi connectivity index (χ0n) is 18.6. The Bertz CT molecular complexity index is 800. The Morgan fingerprint density at radius 2 is 2.03 bits per heavy atom. The molecule has 0 aromatic rings. The lowest BCUT2D eigenvalue weighted by molar-refractivity contribution is -0.447. The summed E-state index contributed by atoms with van der Waals surface area (Å²) in [7, 11) is 2.11. The fraction of sp³-hybridized carbons (Fsp3) is 0.917. The van der Waals surface area contributed by atoms with E-state index in [1.807, 2.05) is 6.92 Å². The van der Waals surface area contributed by atoms with Gasteiger partial charge in [-0.3, -0.25) is 0 Å². The standard InChI is InChI=1S/C24H37NO5/c1-15(26)17-6-7-23-18-5-4-16-12-22(28)9-8-20(16,2)24(18,30-22)19(27)13-21(17,23)14-25(3)10-11-29-23/h6,15-16,18-19,26-28H,4-5,7-14H2,1-3H3. The number of ether oxygens (including phenoxy) is 2. The summed E-state index contributed by atoms with van der Waals surface area (Å²) in [4.78, 5) is 2.29. The predicted octanol–water partition coefficient (Wildman–Crippen LogP) is 1.82. The molecule has 0 amide bonds. The smallest absolute Gasteiger partial charge is 0.166 e. The first-order valence-electron chi connectivity index (χ1n) is 11.9. The Balaban J connectivity index is 1.56. The predicted molar refractivity (Wildman–Crippen MR) is 111 cm³/mol. The van der Waals surface area contributed by atoms with Gasteiger partial charge >= 0.3 is 0 Å². The number of aliphatic hydroxyl groups is 3. The van der Waals surface area contributed by atoms with Gasteiger partial charge in [-0.05, 0) is 57.6 Å². The van der Waals surface area contributed by atoms with E-state index in [1.54, 1.807) is 0 Å². The lowest BCUT2D eigenvalue weighted by Crippen LogP contribution is -2.83. The van der Waals surface area contributed by atoms with Crippen molar-refractivity contribution in [2.45, 2.75) is 88.0 Å². The van der Waals surface area contributed by atoms with Crippen molar-refractivity contribution in [2.24, 2.45) is 22.7 Å². The SMILES string of the molecule is CC(O)C1=CCC23OCCN(C)CC12CC(O)C12OC4(O)CCC1(C)C(CCC32)C4. The summed E-state index contributed by atoms with van der Waals surface area (Å²) in [6, 6.07) is 0. The third-order valence-electron chi connectivity index (χ3n) is 10.5. The van der Waals surface area contributed by atoms with Crippen LogP contribution < -0.4 is 0 Å². The zero-order valence-corrected chi connectivity index (χ0v) is 18.6. The number of aliphatic hydroxyl groups excluding tert-OH is 2. The molecule has 0 aromatic heterocycles. The van der Waals surface area contributed by atoms with Crippen molar-refractivity contribution >= 4 is 0 Å². The fourth-order valence-electron chi connectivity index (χ4n) is 9.37. The van der Waals surface area contributed by atoms with Crippen molar-refractivity contribution in [3.05, 3.63) is 11.6 Å². The van der Waals surface area contributed by atoms with E-state index in [0.29, 0.717) is 31.8 Å². The van der Waals surface area contributed by atoms with Gasteiger partial charge in [-0.2, -0.15) is 0 Å². The molecule has 1 spiro atoms. The van der Waals surface area contributed by atoms with Gasteiger partial charge in [0.25, 0.3) is 0 Å². The van der Waals surface area contributed by atoms with Crippen LogP contribution in [-0.4, -0.2) is 76.2 Å². The molecule has 4 bridgehead atoms. The van der Waals surface area contributed by atoms with Gasteiger partial charge in [0, 0.05) is 42.7 Å². The molecule has 30 heavy (non-hydrogen) atoms. The van der Waals surface area contributed by atoms with Crippen molar-refractivity contribution in [2.75, 3.05) is 26.7 Å². The third kappa shape index (κ3) is 2.03. The highest BCUT2D eigenvalue weighted by atomic mass is 16.7. The van der Waals surface area contributed by atoms with Gasteiger partial charge in [0.2, 0.25) is 0 Å². The molecule has 6 heteroatoms. The van der Waals surface area contributed by atoms with Gasteiger partial charge in [0.1, 0.15) is 5.60 Å². The van der Waals surface area contributed by atoms with Crippen LogP contribution in [-0.2, 0) is 9.47 Å². The average Bonchev–Trinajstić information content (AvgIpc) is 2.88. The molecular weight excluding hydrogens is 382 g/mol. The lowest BCUT2D eigenvalue weighted by atomic mass is 9.38. The van der Waals surface area contributed by atoms with Crippen LogP contribution >= 0.6 is 0 Å². The second-order valence-corrected chi connectivity index (χ2v) is 11.6. The average molecular weight is 420 g/mol. The second-order valence-electron chi connectivity index (χ2n) is 11.6. The highest BCUT2D eigenvalue weighted by molar-refractivity contribution is 5.40. The molecule has 6 fully saturated rings. The largest absolute Gasteiger partial charge is 0.390 e. The van der Waals surface area contributed by atoms with Crippen LogP contribution in [0.2, 0.25) is 0 Å². The Morgan fingerprint density at radius 1 is 1.23 bits per heavy atom. The van der Waals surface area contributed by atoms with Crippen LogP contribution in [0.5, 0.6) is 0 Å². The molecular formula is C24H37NO5. The molecule has 9 atom stereocenters. The second kappa shape index (κ2) is 5.89. The summed E-state index contributed by atoms with van der Waals surface area (Å²) in [5.41, 5.74) is -0.832. The third-order valence-corrected chi connectivity index (χ3v) is 10.5. The maximum absolute atomic E-state index is 11.9. The molecule has 168 valence electrons. The van der Waals surface area contributed by atoms with Crippen molar-refractivity contribution in [1.29, 1.82) is 0 Å². The highest BCUT2D eigenvalue weighted by Crippen LogP contribution is 2.75. The van der Waals surface area contributed by atoms with Crippen LogP contribution in [0.25, 0.3) is 0 Å². The van der Waals surface area contributed by atoms with E-state index in [1.165, 1.54) is 0 Å². The molecule has 0 aromatic carbocycles. The van der Waals surface area contributed by atoms with E-state index < -0.39 is 34.6 Å². The van der Waals surface area contributed by atoms with Gasteiger partial charge in [0.15, 0.2) is 5.79 Å². The first kappa shape index (κ1) is 20.1. The molecule has 3 aliphatic heterocycles. The maximum Gasteiger partial charge on any atom is 0.166 e. The van der Waals surface area contributed by atoms with Gasteiger partial charge in [-0.1, -0.05) is 13.0 Å². The summed E-state index contributed by atoms with van der Waals surface area (Å²) in [6.45, 7) is 6.41. The van der Waals surface area contributed by atoms with Crippen molar-refractivity contribution in [3.63, 3.8) is 0 Å². The van der Waals surface area contributed by atoms with Crippen molar-refractivity contribution in [1.82, 2.24) is 4.90 Å². The summed E-state index contributed by atoms with van der Waals surface area (Å²) < 4.78 is 13.6. The number of likely N-dealkylation sites (N-methyl/N-ethyl adjacent to an activating group) is 1. The fourth-order valence-corrected chi connectivity index (χ4v) is 9.37. The minimum absolute atomic E-state index is 0.00104. The van der Waals surface area contributed by atoms with Gasteiger partial charge in [-0.25, -0.2) is 0 Å². The van der Waals surface area contributed by atoms with Crippen LogP contribution in [0.3, 0.4) is 0 Å². The summed E-state index contributed by atoms with van der Waals surface area (Å²) in [6.07, 6.45) is 6.42. The first-order chi connectivity index (χ1) is 14.1. The molecule has 0 radical (unpaired) electrons. The minimum atomic E-state index is -1.13. The Morgan fingerprint density at radius 3 is 2.80 bits per heavy atom. The van der Waals surface area contributed by atoms with E-state index in [9.17, 15) is 15.3 Å². The van der Waals surface area contributed by atoms with E-state index in [2.05, 4.69) is 24.9 Å². The van der Waals surface area contributed by atoms with Crippen LogP contribution in [0.4, 0.5) is 0 Å². The molecule has 3 N–H and O–H groups in total. The molecule has 3 saturated heterocycles. The summed E-state index contributed by atoms with van der Waals surface area (Å²) >= 11 is 0. The molecule has 7 rings (SSSR count). The van der Waals surface area contributed by atoms with Gasteiger partial charge < -0.3 is 29.7 Å². The van der Waals surface area contributed by atoms with E-state index >= 15 is 0 Å². The monoisotopic (exact) mass is 419 g/mol. The summed E-state index contributed by atoms with van der Waals surface area (Å²) in [5, 5.41) is 34.0. The zero-order chi connectivity index (χ0) is 21.2. The number of hydrogen-bond acceptors (Lipinski definition) is 6. The number of rotatable bonds is 1. The number of hydrogen-bond donors (Lipinski definition) is 3. The van der Waals surface area contributed by atoms with Crippen LogP contribution in [0.15, 0.2) is 11.6 Å². The first-order valence-corrected chi connectivity index (χ1v) is 11.9. The lowest BCUT2D eigenvalue weighted by Gasteiger charge is -2.75. The Kier molecular flexibility index (Phi) is 3.95. The quantitative estimate of drug-likeness (QED) is 0.563. The minimum Gasteiger partial charge on any atom is -0.390 e. The van der Waals surface area contributed by atoms with Gasteiger partial charge in [0.05, 0.1) is 24.4 Å². The molecule has 9 unspecified atom stereocenters. The Hall–Kier alpha value is -0.500. The van der Waals surface area contributed by atoms with Crippen LogP contribution in [0, 0.1) is 22.7 Å². The molecule has 7 aliphatic rings. The topological polar surface area (TPSA) is 82.4 Å².